The molecule has 120 valence electrons. The van der Waals surface area contributed by atoms with Crippen LogP contribution in [0, 0.1) is 10.1 Å². The number of benzene rings is 2. The highest BCUT2D eigenvalue weighted by molar-refractivity contribution is 8.00. The second kappa shape index (κ2) is 7.78. The van der Waals surface area contributed by atoms with E-state index in [4.69, 9.17) is 0 Å². The Morgan fingerprint density at radius 2 is 1.74 bits per heavy atom. The molecule has 0 atom stereocenters. The topological polar surface area (TPSA) is 72.2 Å². The number of nitro groups is 1. The van der Waals surface area contributed by atoms with Crippen molar-refractivity contribution in [2.75, 3.05) is 11.1 Å². The van der Waals surface area contributed by atoms with Crippen LogP contribution in [0.5, 0.6) is 0 Å². The number of amides is 1. The maximum atomic E-state index is 11.9. The lowest BCUT2D eigenvalue weighted by Gasteiger charge is -2.08. The van der Waals surface area contributed by atoms with E-state index < -0.39 is 4.92 Å². The molecule has 2 aromatic rings. The van der Waals surface area contributed by atoms with Crippen LogP contribution in [0.3, 0.4) is 0 Å². The number of nitrogens with one attached hydrogen (secondary N) is 1. The van der Waals surface area contributed by atoms with Crippen LogP contribution in [-0.4, -0.2) is 16.6 Å². The average Bonchev–Trinajstić information content (AvgIpc) is 2.54. The fraction of sp³-hybridized carbons (Fsp3) is 0.235. The second-order valence-corrected chi connectivity index (χ2v) is 6.41. The summed E-state index contributed by atoms with van der Waals surface area (Å²) in [5, 5.41) is 13.4. The Bertz CT molecular complexity index is 682. The van der Waals surface area contributed by atoms with Crippen LogP contribution >= 0.6 is 11.8 Å². The van der Waals surface area contributed by atoms with Crippen molar-refractivity contribution in [3.63, 3.8) is 0 Å². The maximum absolute atomic E-state index is 11.9. The first kappa shape index (κ1) is 17.0. The highest BCUT2D eigenvalue weighted by atomic mass is 32.2. The number of nitro benzene ring substituents is 1. The molecule has 1 amide bonds. The van der Waals surface area contributed by atoms with E-state index in [2.05, 4.69) is 19.2 Å². The SMILES string of the molecule is CC(C)c1ccc(NC(=O)CSc2ccc([N+](=O)[O-])cc2)cc1. The zero-order chi connectivity index (χ0) is 16.8. The maximum Gasteiger partial charge on any atom is 0.269 e. The summed E-state index contributed by atoms with van der Waals surface area (Å²) in [6.07, 6.45) is 0. The lowest BCUT2D eigenvalue weighted by Crippen LogP contribution is -2.13. The van der Waals surface area contributed by atoms with Crippen molar-refractivity contribution in [2.45, 2.75) is 24.7 Å². The van der Waals surface area contributed by atoms with E-state index in [1.165, 1.54) is 29.5 Å². The molecule has 0 aromatic heterocycles. The van der Waals surface area contributed by atoms with Gasteiger partial charge in [0.2, 0.25) is 5.91 Å². The molecule has 5 nitrogen and oxygen atoms in total. The predicted molar refractivity (Wildman–Crippen MR) is 93.0 cm³/mol. The van der Waals surface area contributed by atoms with Gasteiger partial charge < -0.3 is 5.32 Å². The number of rotatable bonds is 6. The number of non-ortho nitro benzene ring substituents is 1. The van der Waals surface area contributed by atoms with E-state index >= 15 is 0 Å². The Morgan fingerprint density at radius 1 is 1.13 bits per heavy atom. The van der Waals surface area contributed by atoms with Gasteiger partial charge in [-0.15, -0.1) is 11.8 Å². The zero-order valence-electron chi connectivity index (χ0n) is 13.0. The van der Waals surface area contributed by atoms with E-state index in [-0.39, 0.29) is 17.3 Å². The van der Waals surface area contributed by atoms with Gasteiger partial charge in [-0.25, -0.2) is 0 Å². The molecule has 0 unspecified atom stereocenters. The molecule has 1 N–H and O–H groups in total. The van der Waals surface area contributed by atoms with E-state index in [9.17, 15) is 14.9 Å². The lowest BCUT2D eigenvalue weighted by atomic mass is 10.0. The number of hydrogen-bond donors (Lipinski definition) is 1. The van der Waals surface area contributed by atoms with Crippen LogP contribution in [0.25, 0.3) is 0 Å². The van der Waals surface area contributed by atoms with Crippen molar-refractivity contribution in [2.24, 2.45) is 0 Å². The van der Waals surface area contributed by atoms with Gasteiger partial charge in [-0.05, 0) is 35.7 Å². The summed E-state index contributed by atoms with van der Waals surface area (Å²) in [6.45, 7) is 4.24. The van der Waals surface area contributed by atoms with Crippen LogP contribution in [0.15, 0.2) is 53.4 Å². The fourth-order valence-electron chi connectivity index (χ4n) is 1.96. The third kappa shape index (κ3) is 5.10. The molecule has 0 aliphatic carbocycles. The van der Waals surface area contributed by atoms with E-state index in [0.29, 0.717) is 5.92 Å². The standard InChI is InChI=1S/C17H18N2O3S/c1-12(2)13-3-5-14(6-4-13)18-17(20)11-23-16-9-7-15(8-10-16)19(21)22/h3-10,12H,11H2,1-2H3,(H,18,20). The third-order valence-corrected chi connectivity index (χ3v) is 4.29. The molecular weight excluding hydrogens is 312 g/mol. The minimum Gasteiger partial charge on any atom is -0.325 e. The van der Waals surface area contributed by atoms with Crippen LogP contribution in [0.4, 0.5) is 11.4 Å². The van der Waals surface area contributed by atoms with Crippen LogP contribution in [-0.2, 0) is 4.79 Å². The van der Waals surface area contributed by atoms with Gasteiger partial charge in [0.25, 0.3) is 5.69 Å². The molecule has 0 aliphatic heterocycles. The Morgan fingerprint density at radius 3 is 2.26 bits per heavy atom. The van der Waals surface area contributed by atoms with Gasteiger partial charge in [0, 0.05) is 22.7 Å². The van der Waals surface area contributed by atoms with Gasteiger partial charge in [-0.3, -0.25) is 14.9 Å². The van der Waals surface area contributed by atoms with Gasteiger partial charge in [0.1, 0.15) is 0 Å². The molecule has 23 heavy (non-hydrogen) atoms. The molecule has 0 saturated carbocycles. The normalized spacial score (nSPS) is 10.6. The molecule has 0 aliphatic rings. The Hall–Kier alpha value is -2.34. The summed E-state index contributed by atoms with van der Waals surface area (Å²) in [5.74, 6) is 0.604. The molecular formula is C17H18N2O3S. The second-order valence-electron chi connectivity index (χ2n) is 5.36. The summed E-state index contributed by atoms with van der Waals surface area (Å²) in [6, 6.07) is 14.0. The van der Waals surface area contributed by atoms with Crippen molar-refractivity contribution < 1.29 is 9.72 Å². The third-order valence-electron chi connectivity index (χ3n) is 3.28. The fourth-order valence-corrected chi connectivity index (χ4v) is 2.66. The molecule has 0 bridgehead atoms. The summed E-state index contributed by atoms with van der Waals surface area (Å²) in [5.41, 5.74) is 2.04. The molecule has 2 aromatic carbocycles. The first-order valence-electron chi connectivity index (χ1n) is 7.23. The average molecular weight is 330 g/mol. The number of hydrogen-bond acceptors (Lipinski definition) is 4. The van der Waals surface area contributed by atoms with Crippen molar-refractivity contribution in [3.05, 3.63) is 64.2 Å². The highest BCUT2D eigenvalue weighted by Gasteiger charge is 2.07. The summed E-state index contributed by atoms with van der Waals surface area (Å²) in [4.78, 5) is 22.9. The highest BCUT2D eigenvalue weighted by Crippen LogP contribution is 2.22. The lowest BCUT2D eigenvalue weighted by molar-refractivity contribution is -0.384. The minimum atomic E-state index is -0.442. The number of anilines is 1. The predicted octanol–water partition coefficient (Wildman–Crippen LogP) is 4.45. The van der Waals surface area contributed by atoms with Crippen LogP contribution in [0.2, 0.25) is 0 Å². The number of nitrogens with zero attached hydrogens (tertiary/aromatic N) is 1. The number of carbonyl (C=O) groups excluding carboxylic acids is 1. The molecule has 0 spiro atoms. The molecule has 0 saturated heterocycles. The molecule has 0 radical (unpaired) electrons. The Kier molecular flexibility index (Phi) is 5.76. The quantitative estimate of drug-likeness (QED) is 0.482. The largest absolute Gasteiger partial charge is 0.325 e. The van der Waals surface area contributed by atoms with Crippen molar-refractivity contribution in [1.82, 2.24) is 0 Å². The van der Waals surface area contributed by atoms with Crippen LogP contribution < -0.4 is 5.32 Å². The Labute approximate surface area is 139 Å². The first-order chi connectivity index (χ1) is 11.0. The number of thioether (sulfide) groups is 1. The summed E-state index contributed by atoms with van der Waals surface area (Å²) < 4.78 is 0. The minimum absolute atomic E-state index is 0.0454. The molecule has 0 heterocycles. The van der Waals surface area contributed by atoms with Crippen molar-refractivity contribution >= 4 is 29.0 Å². The van der Waals surface area contributed by atoms with Crippen molar-refractivity contribution in [3.8, 4) is 0 Å². The van der Waals surface area contributed by atoms with Gasteiger partial charge in [0.05, 0.1) is 10.7 Å². The smallest absolute Gasteiger partial charge is 0.269 e. The monoisotopic (exact) mass is 330 g/mol. The van der Waals surface area contributed by atoms with E-state index in [0.717, 1.165) is 10.6 Å². The van der Waals surface area contributed by atoms with Gasteiger partial charge in [-0.2, -0.15) is 0 Å². The number of carbonyl (C=O) groups is 1. The van der Waals surface area contributed by atoms with Crippen molar-refractivity contribution in [1.29, 1.82) is 0 Å². The van der Waals surface area contributed by atoms with Gasteiger partial charge in [0.15, 0.2) is 0 Å². The zero-order valence-corrected chi connectivity index (χ0v) is 13.8. The molecule has 6 heteroatoms. The summed E-state index contributed by atoms with van der Waals surface area (Å²) >= 11 is 1.34. The van der Waals surface area contributed by atoms with E-state index in [1.54, 1.807) is 12.1 Å². The summed E-state index contributed by atoms with van der Waals surface area (Å²) in [7, 11) is 0. The Balaban J connectivity index is 1.86. The van der Waals surface area contributed by atoms with Gasteiger partial charge in [-0.1, -0.05) is 26.0 Å². The van der Waals surface area contributed by atoms with Crippen LogP contribution in [0.1, 0.15) is 25.3 Å². The molecule has 2 rings (SSSR count). The first-order valence-corrected chi connectivity index (χ1v) is 8.21. The molecule has 0 fully saturated rings. The van der Waals surface area contributed by atoms with E-state index in [1.807, 2.05) is 24.3 Å². The van der Waals surface area contributed by atoms with Gasteiger partial charge >= 0.3 is 0 Å².